The third-order valence-corrected chi connectivity index (χ3v) is 7.58. The number of thiazole rings is 1. The van der Waals surface area contributed by atoms with Crippen molar-refractivity contribution in [3.8, 4) is 17.2 Å². The maximum Gasteiger partial charge on any atom is 0.350 e. The number of carbonyl (C=O) groups excluding carboxylic acids is 3. The number of phenols is 1. The molecular weight excluding hydrogens is 560 g/mol. The van der Waals surface area contributed by atoms with Crippen molar-refractivity contribution in [3.63, 3.8) is 0 Å². The van der Waals surface area contributed by atoms with Crippen molar-refractivity contribution in [1.29, 1.82) is 0 Å². The van der Waals surface area contributed by atoms with Crippen LogP contribution in [-0.2, 0) is 14.3 Å². The van der Waals surface area contributed by atoms with Crippen LogP contribution in [0.1, 0.15) is 59.2 Å². The van der Waals surface area contributed by atoms with Crippen molar-refractivity contribution >= 4 is 39.9 Å². The summed E-state index contributed by atoms with van der Waals surface area (Å²) >= 11 is 0.890. The fourth-order valence-corrected chi connectivity index (χ4v) is 5.38. The molecule has 1 aliphatic heterocycles. The quantitative estimate of drug-likeness (QED) is 0.0677. The van der Waals surface area contributed by atoms with Crippen molar-refractivity contribution in [2.24, 2.45) is 0 Å². The molecule has 11 heteroatoms. The second-order valence-electron chi connectivity index (χ2n) is 9.35. The van der Waals surface area contributed by atoms with E-state index in [9.17, 15) is 24.6 Å². The van der Waals surface area contributed by atoms with Crippen LogP contribution in [0.25, 0.3) is 5.76 Å². The number of benzene rings is 2. The van der Waals surface area contributed by atoms with E-state index < -0.39 is 29.5 Å². The molecule has 4 rings (SSSR count). The van der Waals surface area contributed by atoms with E-state index in [4.69, 9.17) is 14.2 Å². The highest BCUT2D eigenvalue weighted by molar-refractivity contribution is 7.17. The zero-order valence-corrected chi connectivity index (χ0v) is 24.4. The zero-order valence-electron chi connectivity index (χ0n) is 23.6. The van der Waals surface area contributed by atoms with E-state index in [1.165, 1.54) is 24.3 Å². The predicted molar refractivity (Wildman–Crippen MR) is 158 cm³/mol. The number of carbonyl (C=O) groups is 3. The van der Waals surface area contributed by atoms with E-state index in [-0.39, 0.29) is 40.3 Å². The molecule has 220 valence electrons. The number of rotatable bonds is 12. The molecule has 42 heavy (non-hydrogen) atoms. The van der Waals surface area contributed by atoms with E-state index in [1.807, 2.05) is 0 Å². The number of esters is 1. The minimum Gasteiger partial charge on any atom is -0.507 e. The smallest absolute Gasteiger partial charge is 0.350 e. The number of phenolic OH excluding ortho intramolecular Hbond substituents is 1. The number of Topliss-reactive ketones (excluding diaryl/α,β-unsaturated/α-hetero) is 1. The molecule has 2 N–H and O–H groups in total. The Kier molecular flexibility index (Phi) is 9.64. The number of aromatic hydroxyl groups is 1. The molecule has 1 aliphatic rings. The molecule has 1 atom stereocenters. The van der Waals surface area contributed by atoms with Crippen molar-refractivity contribution in [1.82, 2.24) is 4.98 Å². The molecule has 0 bridgehead atoms. The number of ether oxygens (including phenoxy) is 3. The molecule has 0 saturated carbocycles. The first-order valence-electron chi connectivity index (χ1n) is 13.5. The van der Waals surface area contributed by atoms with Crippen LogP contribution in [0.5, 0.6) is 17.2 Å². The predicted octanol–water partition coefficient (Wildman–Crippen LogP) is 5.70. The fraction of sp³-hybridized carbons (Fsp3) is 0.290. The van der Waals surface area contributed by atoms with Gasteiger partial charge >= 0.3 is 11.9 Å². The van der Waals surface area contributed by atoms with Gasteiger partial charge in [-0.25, -0.2) is 9.78 Å². The van der Waals surface area contributed by atoms with E-state index in [0.29, 0.717) is 29.2 Å². The molecule has 2 heterocycles. The van der Waals surface area contributed by atoms with Gasteiger partial charge in [-0.2, -0.15) is 0 Å². The first-order chi connectivity index (χ1) is 20.2. The lowest BCUT2D eigenvalue weighted by molar-refractivity contribution is -0.132. The summed E-state index contributed by atoms with van der Waals surface area (Å²) in [6.45, 7) is 9.73. The van der Waals surface area contributed by atoms with E-state index in [0.717, 1.165) is 29.1 Å². The topological polar surface area (TPSA) is 135 Å². The van der Waals surface area contributed by atoms with Crippen LogP contribution in [-0.4, -0.2) is 52.7 Å². The van der Waals surface area contributed by atoms with Crippen molar-refractivity contribution in [2.75, 3.05) is 24.7 Å². The van der Waals surface area contributed by atoms with E-state index >= 15 is 0 Å². The lowest BCUT2D eigenvalue weighted by Crippen LogP contribution is -2.29. The molecule has 1 fully saturated rings. The SMILES string of the molecule is C=CCOC(=O)c1sc(N2C(=O)C(=O)/C(=C(\O)c3ccc(OCCCC)cc3)C2c2ccc(O)c(OCC)c2)nc1C. The first kappa shape index (κ1) is 30.3. The van der Waals surface area contributed by atoms with Gasteiger partial charge in [-0.05, 0) is 62.2 Å². The third-order valence-electron chi connectivity index (χ3n) is 6.45. The highest BCUT2D eigenvalue weighted by atomic mass is 32.1. The number of nitrogens with zero attached hydrogens (tertiary/aromatic N) is 2. The molecule has 0 spiro atoms. The second-order valence-corrected chi connectivity index (χ2v) is 10.3. The maximum absolute atomic E-state index is 13.5. The van der Waals surface area contributed by atoms with Crippen LogP contribution in [0.4, 0.5) is 5.13 Å². The molecule has 0 radical (unpaired) electrons. The van der Waals surface area contributed by atoms with Crippen LogP contribution in [0.3, 0.4) is 0 Å². The number of anilines is 1. The van der Waals surface area contributed by atoms with Crippen LogP contribution in [0.2, 0.25) is 0 Å². The Morgan fingerprint density at radius 1 is 1.14 bits per heavy atom. The highest BCUT2D eigenvalue weighted by Crippen LogP contribution is 2.45. The number of aryl methyl sites for hydroxylation is 1. The van der Waals surface area contributed by atoms with Crippen LogP contribution in [0, 0.1) is 6.92 Å². The van der Waals surface area contributed by atoms with Gasteiger partial charge in [0.1, 0.15) is 23.0 Å². The number of aliphatic hydroxyl groups excluding tert-OH is 1. The lowest BCUT2D eigenvalue weighted by Gasteiger charge is -2.23. The number of hydrogen-bond donors (Lipinski definition) is 2. The largest absolute Gasteiger partial charge is 0.507 e. The molecule has 3 aromatic rings. The summed E-state index contributed by atoms with van der Waals surface area (Å²) in [5.74, 6) is -2.31. The van der Waals surface area contributed by atoms with Crippen molar-refractivity contribution in [3.05, 3.63) is 82.4 Å². The minimum absolute atomic E-state index is 0.00777. The van der Waals surface area contributed by atoms with Crippen LogP contribution >= 0.6 is 11.3 Å². The van der Waals surface area contributed by atoms with Gasteiger partial charge in [0.15, 0.2) is 16.6 Å². The Morgan fingerprint density at radius 3 is 2.55 bits per heavy atom. The van der Waals surface area contributed by atoms with Crippen LogP contribution in [0.15, 0.2) is 60.7 Å². The Morgan fingerprint density at radius 2 is 1.88 bits per heavy atom. The van der Waals surface area contributed by atoms with Gasteiger partial charge < -0.3 is 24.4 Å². The van der Waals surface area contributed by atoms with Gasteiger partial charge in [-0.3, -0.25) is 14.5 Å². The normalized spacial score (nSPS) is 16.0. The molecule has 10 nitrogen and oxygen atoms in total. The molecule has 0 aliphatic carbocycles. The molecular formula is C31H32N2O8S. The zero-order chi connectivity index (χ0) is 30.4. The number of amides is 1. The van der Waals surface area contributed by atoms with Gasteiger partial charge in [-0.1, -0.05) is 43.4 Å². The Hall–Kier alpha value is -4.64. The lowest BCUT2D eigenvalue weighted by atomic mass is 9.95. The number of ketones is 1. The number of aromatic nitrogens is 1. The summed E-state index contributed by atoms with van der Waals surface area (Å²) in [4.78, 5) is 45.4. The number of unbranched alkanes of at least 4 members (excludes halogenated alkanes) is 1. The Labute approximate surface area is 247 Å². The first-order valence-corrected chi connectivity index (χ1v) is 14.3. The van der Waals surface area contributed by atoms with Crippen molar-refractivity contribution in [2.45, 2.75) is 39.7 Å². The van der Waals surface area contributed by atoms with E-state index in [2.05, 4.69) is 18.5 Å². The highest BCUT2D eigenvalue weighted by Gasteiger charge is 2.48. The van der Waals surface area contributed by atoms with Gasteiger partial charge in [0.05, 0.1) is 30.5 Å². The Bertz CT molecular complexity index is 1530. The summed E-state index contributed by atoms with van der Waals surface area (Å²) in [6.07, 6.45) is 3.31. The average molecular weight is 593 g/mol. The minimum atomic E-state index is -1.15. The van der Waals surface area contributed by atoms with Crippen molar-refractivity contribution < 1.29 is 38.8 Å². The number of hydrogen-bond acceptors (Lipinski definition) is 10. The second kappa shape index (κ2) is 13.3. The molecule has 1 aromatic heterocycles. The molecule has 1 saturated heterocycles. The van der Waals surface area contributed by atoms with Gasteiger partial charge in [0, 0.05) is 5.56 Å². The monoisotopic (exact) mass is 592 g/mol. The summed E-state index contributed by atoms with van der Waals surface area (Å²) in [7, 11) is 0. The van der Waals surface area contributed by atoms with E-state index in [1.54, 1.807) is 38.1 Å². The molecule has 1 unspecified atom stereocenters. The Balaban J connectivity index is 1.84. The summed E-state index contributed by atoms with van der Waals surface area (Å²) in [5, 5.41) is 21.8. The summed E-state index contributed by atoms with van der Waals surface area (Å²) in [5.41, 5.74) is 0.800. The standard InChI is InChI=1S/C31H32N2O8S/c1-5-8-16-40-21-12-9-19(10-13-21)26(35)24-25(20-11-14-22(34)23(17-20)39-7-3)33(29(37)27(24)36)31-32-18(4)28(42-31)30(38)41-15-6-2/h6,9-14,17,25,34-35H,2,5,7-8,15-16H2,1,3-4H3/b26-24-. The van der Waals surface area contributed by atoms with Gasteiger partial charge in [0.2, 0.25) is 0 Å². The van der Waals surface area contributed by atoms with Gasteiger partial charge in [0.25, 0.3) is 5.78 Å². The fourth-order valence-electron chi connectivity index (χ4n) is 4.39. The average Bonchev–Trinajstić information content (AvgIpc) is 3.49. The summed E-state index contributed by atoms with van der Waals surface area (Å²) < 4.78 is 16.4. The maximum atomic E-state index is 13.5. The van der Waals surface area contributed by atoms with Gasteiger partial charge in [-0.15, -0.1) is 0 Å². The van der Waals surface area contributed by atoms with Crippen LogP contribution < -0.4 is 14.4 Å². The molecule has 2 aromatic carbocycles. The third kappa shape index (κ3) is 6.15. The number of aliphatic hydroxyl groups is 1. The summed E-state index contributed by atoms with van der Waals surface area (Å²) in [6, 6.07) is 9.82. The molecule has 1 amide bonds.